The molecule has 2 aromatic heterocycles. The van der Waals surface area contributed by atoms with Gasteiger partial charge in [0.05, 0.1) is 5.39 Å². The summed E-state index contributed by atoms with van der Waals surface area (Å²) < 4.78 is 5.86. The molecular formula is C14H22N4OS. The second-order valence-electron chi connectivity index (χ2n) is 5.02. The standard InChI is InChI=1S/C14H22N4OS/c1-6-14(5,19-7-2)13-16-11(18-15)10-8(3)9(4)20-12(10)17-13/h6-7,15H2,1-5H3,(H,16,17,18). The second-order valence-corrected chi connectivity index (χ2v) is 6.22. The van der Waals surface area contributed by atoms with Crippen LogP contribution in [-0.4, -0.2) is 16.6 Å². The van der Waals surface area contributed by atoms with Gasteiger partial charge in [-0.25, -0.2) is 15.8 Å². The average Bonchev–Trinajstić information content (AvgIpc) is 2.73. The third kappa shape index (κ3) is 2.39. The fourth-order valence-corrected chi connectivity index (χ4v) is 3.26. The maximum Gasteiger partial charge on any atom is 0.163 e. The van der Waals surface area contributed by atoms with Crippen LogP contribution in [0.1, 0.15) is 43.5 Å². The molecule has 0 aliphatic carbocycles. The molecule has 0 radical (unpaired) electrons. The van der Waals surface area contributed by atoms with Crippen molar-refractivity contribution in [2.45, 2.75) is 46.6 Å². The van der Waals surface area contributed by atoms with Crippen LogP contribution in [0.25, 0.3) is 10.2 Å². The lowest BCUT2D eigenvalue weighted by Gasteiger charge is -2.26. The van der Waals surface area contributed by atoms with E-state index in [0.717, 1.165) is 16.6 Å². The van der Waals surface area contributed by atoms with Crippen LogP contribution in [0.2, 0.25) is 0 Å². The summed E-state index contributed by atoms with van der Waals surface area (Å²) in [6.07, 6.45) is 0.805. The fraction of sp³-hybridized carbons (Fsp3) is 0.571. The molecule has 0 fully saturated rings. The summed E-state index contributed by atoms with van der Waals surface area (Å²) in [5, 5.41) is 1.01. The summed E-state index contributed by atoms with van der Waals surface area (Å²) in [7, 11) is 0. The van der Waals surface area contributed by atoms with Crippen molar-refractivity contribution in [3.05, 3.63) is 16.3 Å². The lowest BCUT2D eigenvalue weighted by Crippen LogP contribution is -2.28. The minimum atomic E-state index is -0.486. The van der Waals surface area contributed by atoms with Gasteiger partial charge >= 0.3 is 0 Å². The van der Waals surface area contributed by atoms with E-state index in [2.05, 4.69) is 31.2 Å². The molecular weight excluding hydrogens is 272 g/mol. The molecule has 5 nitrogen and oxygen atoms in total. The van der Waals surface area contributed by atoms with Crippen molar-refractivity contribution in [2.75, 3.05) is 12.0 Å². The van der Waals surface area contributed by atoms with E-state index in [1.165, 1.54) is 10.4 Å². The van der Waals surface area contributed by atoms with Crippen LogP contribution in [0.15, 0.2) is 0 Å². The smallest absolute Gasteiger partial charge is 0.163 e. The van der Waals surface area contributed by atoms with E-state index in [9.17, 15) is 0 Å². The normalized spacial score (nSPS) is 14.5. The number of nitrogens with zero attached hydrogens (tertiary/aromatic N) is 2. The zero-order chi connectivity index (χ0) is 14.9. The van der Waals surface area contributed by atoms with Gasteiger partial charge < -0.3 is 10.2 Å². The highest BCUT2D eigenvalue weighted by atomic mass is 32.1. The Bertz CT molecular complexity index is 625. The molecule has 6 heteroatoms. The second kappa shape index (κ2) is 5.63. The fourth-order valence-electron chi connectivity index (χ4n) is 2.23. The summed E-state index contributed by atoms with van der Waals surface area (Å²) in [4.78, 5) is 11.5. The van der Waals surface area contributed by atoms with Gasteiger partial charge in [0.25, 0.3) is 0 Å². The van der Waals surface area contributed by atoms with Crippen molar-refractivity contribution >= 4 is 27.4 Å². The van der Waals surface area contributed by atoms with Crippen molar-refractivity contribution in [3.8, 4) is 0 Å². The van der Waals surface area contributed by atoms with Crippen LogP contribution < -0.4 is 11.3 Å². The van der Waals surface area contributed by atoms with Crippen molar-refractivity contribution < 1.29 is 4.74 Å². The maximum atomic E-state index is 5.86. The number of anilines is 1. The van der Waals surface area contributed by atoms with E-state index in [1.54, 1.807) is 11.3 Å². The first kappa shape index (κ1) is 15.2. The molecule has 0 bridgehead atoms. The van der Waals surface area contributed by atoms with Gasteiger partial charge in [-0.3, -0.25) is 0 Å². The van der Waals surface area contributed by atoms with Gasteiger partial charge in [0.1, 0.15) is 10.4 Å². The highest BCUT2D eigenvalue weighted by molar-refractivity contribution is 7.18. The number of nitrogen functional groups attached to an aromatic ring is 1. The van der Waals surface area contributed by atoms with Gasteiger partial charge in [0, 0.05) is 11.5 Å². The van der Waals surface area contributed by atoms with Crippen LogP contribution >= 0.6 is 11.3 Å². The quantitative estimate of drug-likeness (QED) is 0.654. The average molecular weight is 294 g/mol. The van der Waals surface area contributed by atoms with E-state index in [0.29, 0.717) is 18.2 Å². The Morgan fingerprint density at radius 1 is 1.30 bits per heavy atom. The summed E-state index contributed by atoms with van der Waals surface area (Å²) in [5.74, 6) is 7.00. The minimum Gasteiger partial charge on any atom is -0.368 e. The predicted octanol–water partition coefficient (Wildman–Crippen LogP) is 3.26. The van der Waals surface area contributed by atoms with Gasteiger partial charge in [-0.2, -0.15) is 0 Å². The van der Waals surface area contributed by atoms with Gasteiger partial charge in [0.2, 0.25) is 0 Å². The third-order valence-corrected chi connectivity index (χ3v) is 4.88. The Morgan fingerprint density at radius 3 is 2.55 bits per heavy atom. The predicted molar refractivity (Wildman–Crippen MR) is 84.0 cm³/mol. The number of fused-ring (bicyclic) bond motifs is 1. The largest absolute Gasteiger partial charge is 0.368 e. The minimum absolute atomic E-state index is 0.486. The first-order valence-corrected chi connectivity index (χ1v) is 7.67. The highest BCUT2D eigenvalue weighted by Gasteiger charge is 2.30. The van der Waals surface area contributed by atoms with Crippen LogP contribution in [0.3, 0.4) is 0 Å². The molecule has 1 unspecified atom stereocenters. The number of hydrogen-bond donors (Lipinski definition) is 2. The molecule has 110 valence electrons. The molecule has 0 amide bonds. The molecule has 0 spiro atoms. The van der Waals surface area contributed by atoms with Crippen LogP contribution in [0.4, 0.5) is 5.82 Å². The number of ether oxygens (including phenoxy) is 1. The van der Waals surface area contributed by atoms with Gasteiger partial charge in [-0.15, -0.1) is 11.3 Å². The van der Waals surface area contributed by atoms with Crippen molar-refractivity contribution in [2.24, 2.45) is 5.84 Å². The van der Waals surface area contributed by atoms with Crippen molar-refractivity contribution in [1.82, 2.24) is 9.97 Å². The van der Waals surface area contributed by atoms with E-state index in [-0.39, 0.29) is 0 Å². The van der Waals surface area contributed by atoms with Crippen LogP contribution in [0, 0.1) is 13.8 Å². The van der Waals surface area contributed by atoms with Crippen molar-refractivity contribution in [3.63, 3.8) is 0 Å². The molecule has 0 saturated carbocycles. The number of thiophene rings is 1. The van der Waals surface area contributed by atoms with Gasteiger partial charge in [-0.1, -0.05) is 6.92 Å². The highest BCUT2D eigenvalue weighted by Crippen LogP contribution is 2.36. The van der Waals surface area contributed by atoms with E-state index < -0.39 is 5.60 Å². The molecule has 2 rings (SSSR count). The van der Waals surface area contributed by atoms with Crippen molar-refractivity contribution in [1.29, 1.82) is 0 Å². The number of nitrogens with one attached hydrogen (secondary N) is 1. The Morgan fingerprint density at radius 2 is 2.00 bits per heavy atom. The summed E-state index contributed by atoms with van der Waals surface area (Å²) in [5.41, 5.74) is 3.40. The molecule has 0 aliphatic rings. The Kier molecular flexibility index (Phi) is 4.27. The lowest BCUT2D eigenvalue weighted by molar-refractivity contribution is -0.0386. The topological polar surface area (TPSA) is 73.1 Å². The molecule has 2 heterocycles. The van der Waals surface area contributed by atoms with Crippen LogP contribution in [-0.2, 0) is 10.3 Å². The summed E-state index contributed by atoms with van der Waals surface area (Å²) >= 11 is 1.66. The van der Waals surface area contributed by atoms with Gasteiger partial charge in [0.15, 0.2) is 11.6 Å². The molecule has 0 aliphatic heterocycles. The number of aromatic nitrogens is 2. The monoisotopic (exact) mass is 294 g/mol. The Balaban J connectivity index is 2.67. The van der Waals surface area contributed by atoms with E-state index in [4.69, 9.17) is 15.6 Å². The molecule has 2 aromatic rings. The summed E-state index contributed by atoms with van der Waals surface area (Å²) in [6, 6.07) is 0. The molecule has 20 heavy (non-hydrogen) atoms. The molecule has 0 aromatic carbocycles. The first-order chi connectivity index (χ1) is 9.46. The van der Waals surface area contributed by atoms with E-state index >= 15 is 0 Å². The number of hydrogen-bond acceptors (Lipinski definition) is 6. The summed E-state index contributed by atoms with van der Waals surface area (Å²) in [6.45, 7) is 10.9. The third-order valence-electron chi connectivity index (χ3n) is 3.78. The molecule has 3 N–H and O–H groups in total. The number of hydrazine groups is 1. The Labute approximate surface area is 123 Å². The van der Waals surface area contributed by atoms with E-state index in [1.807, 2.05) is 13.8 Å². The first-order valence-electron chi connectivity index (χ1n) is 6.85. The molecule has 1 atom stereocenters. The maximum absolute atomic E-state index is 5.86. The zero-order valence-corrected chi connectivity index (χ0v) is 13.5. The zero-order valence-electron chi connectivity index (χ0n) is 12.7. The lowest BCUT2D eigenvalue weighted by atomic mass is 10.0. The SMILES string of the molecule is CCOC(C)(CC)c1nc(NN)c2c(C)c(C)sc2n1. The molecule has 0 saturated heterocycles. The van der Waals surface area contributed by atoms with Crippen LogP contribution in [0.5, 0.6) is 0 Å². The number of aryl methyl sites for hydroxylation is 2. The Hall–Kier alpha value is -1.24. The number of rotatable bonds is 5. The van der Waals surface area contributed by atoms with Gasteiger partial charge in [-0.05, 0) is 39.7 Å². The number of nitrogens with two attached hydrogens (primary N) is 1.